The highest BCUT2D eigenvalue weighted by Gasteiger charge is 2.21. The van der Waals surface area contributed by atoms with Crippen molar-refractivity contribution < 1.29 is 4.79 Å². The lowest BCUT2D eigenvalue weighted by atomic mass is 10.2. The largest absolute Gasteiger partial charge is 0.345 e. The van der Waals surface area contributed by atoms with E-state index in [2.05, 4.69) is 15.6 Å². The van der Waals surface area contributed by atoms with Gasteiger partial charge < -0.3 is 15.2 Å². The third-order valence-corrected chi connectivity index (χ3v) is 2.63. The maximum absolute atomic E-state index is 11.6. The molecule has 2 heterocycles. The van der Waals surface area contributed by atoms with E-state index >= 15 is 0 Å². The summed E-state index contributed by atoms with van der Waals surface area (Å²) in [5.74, 6) is -0.126. The number of amides is 1. The highest BCUT2D eigenvalue weighted by molar-refractivity contribution is 6.28. The maximum Gasteiger partial charge on any atom is 0.269 e. The van der Waals surface area contributed by atoms with E-state index in [-0.39, 0.29) is 11.9 Å². The molecule has 0 aromatic carbocycles. The molecule has 2 rings (SSSR count). The van der Waals surface area contributed by atoms with E-state index in [1.54, 1.807) is 11.6 Å². The van der Waals surface area contributed by atoms with Crippen molar-refractivity contribution in [3.05, 3.63) is 17.2 Å². The maximum atomic E-state index is 11.6. The van der Waals surface area contributed by atoms with Gasteiger partial charge in [0.05, 0.1) is 12.2 Å². The van der Waals surface area contributed by atoms with Gasteiger partial charge in [0.15, 0.2) is 0 Å². The molecule has 1 aromatic rings. The second-order valence-corrected chi connectivity index (χ2v) is 3.64. The summed E-state index contributed by atoms with van der Waals surface area (Å²) in [6.07, 6.45) is 1.48. The van der Waals surface area contributed by atoms with E-state index < -0.39 is 0 Å². The first-order valence-corrected chi connectivity index (χ1v) is 4.75. The molecule has 0 saturated carbocycles. The number of nitrogens with one attached hydrogen (secondary N) is 2. The van der Waals surface area contributed by atoms with Gasteiger partial charge in [-0.15, -0.1) is 0 Å². The van der Waals surface area contributed by atoms with Gasteiger partial charge in [-0.2, -0.15) is 0 Å². The van der Waals surface area contributed by atoms with Crippen LogP contribution < -0.4 is 10.6 Å². The van der Waals surface area contributed by atoms with Gasteiger partial charge in [-0.3, -0.25) is 4.79 Å². The summed E-state index contributed by atoms with van der Waals surface area (Å²) in [7, 11) is 1.71. The molecule has 1 amide bonds. The lowest BCUT2D eigenvalue weighted by Gasteiger charge is -2.27. The van der Waals surface area contributed by atoms with Crippen molar-refractivity contribution in [2.45, 2.75) is 6.04 Å². The molecule has 0 bridgehead atoms. The molecule has 1 aliphatic heterocycles. The number of carbonyl (C=O) groups is 1. The van der Waals surface area contributed by atoms with Gasteiger partial charge in [-0.25, -0.2) is 4.98 Å². The zero-order valence-electron chi connectivity index (χ0n) is 7.75. The molecule has 76 valence electrons. The molecule has 14 heavy (non-hydrogen) atoms. The van der Waals surface area contributed by atoms with Crippen LogP contribution in [0.2, 0.25) is 5.28 Å². The Morgan fingerprint density at radius 3 is 2.93 bits per heavy atom. The molecule has 0 atom stereocenters. The Bertz CT molecular complexity index is 358. The summed E-state index contributed by atoms with van der Waals surface area (Å²) in [6, 6.07) is 0.233. The predicted molar refractivity (Wildman–Crippen MR) is 52.3 cm³/mol. The van der Waals surface area contributed by atoms with E-state index in [1.807, 2.05) is 0 Å². The number of rotatable bonds is 2. The van der Waals surface area contributed by atoms with Crippen LogP contribution in [0.15, 0.2) is 6.20 Å². The first kappa shape index (κ1) is 9.48. The van der Waals surface area contributed by atoms with Gasteiger partial charge in [-0.05, 0) is 11.6 Å². The lowest BCUT2D eigenvalue weighted by molar-refractivity contribution is 0.0915. The van der Waals surface area contributed by atoms with Crippen LogP contribution in [0.3, 0.4) is 0 Å². The Morgan fingerprint density at radius 1 is 1.79 bits per heavy atom. The summed E-state index contributed by atoms with van der Waals surface area (Å²) in [6.45, 7) is 1.66. The fourth-order valence-corrected chi connectivity index (χ4v) is 1.39. The molecule has 0 unspecified atom stereocenters. The Kier molecular flexibility index (Phi) is 2.43. The first-order valence-electron chi connectivity index (χ1n) is 4.37. The fraction of sp³-hybridized carbons (Fsp3) is 0.500. The molecule has 6 heteroatoms. The van der Waals surface area contributed by atoms with E-state index in [9.17, 15) is 4.79 Å². The summed E-state index contributed by atoms with van der Waals surface area (Å²) >= 11 is 5.72. The van der Waals surface area contributed by atoms with Crippen molar-refractivity contribution in [3.8, 4) is 0 Å². The number of hydrogen-bond acceptors (Lipinski definition) is 3. The van der Waals surface area contributed by atoms with Crippen LogP contribution in [0.1, 0.15) is 10.5 Å². The van der Waals surface area contributed by atoms with Crippen LogP contribution in [-0.4, -0.2) is 34.6 Å². The Balaban J connectivity index is 2.06. The van der Waals surface area contributed by atoms with Crippen molar-refractivity contribution in [1.29, 1.82) is 0 Å². The van der Waals surface area contributed by atoms with Crippen molar-refractivity contribution in [2.75, 3.05) is 13.1 Å². The van der Waals surface area contributed by atoms with Crippen molar-refractivity contribution in [1.82, 2.24) is 20.2 Å². The summed E-state index contributed by atoms with van der Waals surface area (Å²) < 4.78 is 1.56. The SMILES string of the molecule is Cn1c(C(=O)NC2CNC2)cnc1Cl. The third kappa shape index (κ3) is 1.60. The van der Waals surface area contributed by atoms with Gasteiger partial charge >= 0.3 is 0 Å². The topological polar surface area (TPSA) is 59.0 Å². The predicted octanol–water partition coefficient (Wildman–Crippen LogP) is -0.225. The van der Waals surface area contributed by atoms with Crippen LogP contribution in [0.5, 0.6) is 0 Å². The number of nitrogens with zero attached hydrogens (tertiary/aromatic N) is 2. The lowest BCUT2D eigenvalue weighted by Crippen LogP contribution is -2.57. The average molecular weight is 215 g/mol. The molecule has 1 aliphatic rings. The molecule has 1 saturated heterocycles. The number of carbonyl (C=O) groups excluding carboxylic acids is 1. The van der Waals surface area contributed by atoms with E-state index in [4.69, 9.17) is 11.6 Å². The highest BCUT2D eigenvalue weighted by Crippen LogP contribution is 2.08. The van der Waals surface area contributed by atoms with Gasteiger partial charge in [-0.1, -0.05) is 0 Å². The molecular formula is C8H11ClN4O. The third-order valence-electron chi connectivity index (χ3n) is 2.28. The minimum absolute atomic E-state index is 0.126. The molecule has 1 fully saturated rings. The van der Waals surface area contributed by atoms with Crippen molar-refractivity contribution in [3.63, 3.8) is 0 Å². The van der Waals surface area contributed by atoms with Crippen LogP contribution in [0.4, 0.5) is 0 Å². The number of hydrogen-bond donors (Lipinski definition) is 2. The standard InChI is InChI=1S/C8H11ClN4O/c1-13-6(4-11-8(13)9)7(14)12-5-2-10-3-5/h4-5,10H,2-3H2,1H3,(H,12,14). The Hall–Kier alpha value is -1.07. The monoisotopic (exact) mass is 214 g/mol. The second-order valence-electron chi connectivity index (χ2n) is 3.30. The Morgan fingerprint density at radius 2 is 2.50 bits per heavy atom. The van der Waals surface area contributed by atoms with Crippen LogP contribution in [-0.2, 0) is 7.05 Å². The molecule has 0 spiro atoms. The summed E-state index contributed by atoms with van der Waals surface area (Å²) in [5, 5.41) is 6.26. The molecule has 0 aliphatic carbocycles. The van der Waals surface area contributed by atoms with Crippen LogP contribution in [0.25, 0.3) is 0 Å². The van der Waals surface area contributed by atoms with Gasteiger partial charge in [0.1, 0.15) is 5.69 Å². The summed E-state index contributed by atoms with van der Waals surface area (Å²) in [4.78, 5) is 15.5. The normalized spacial score (nSPS) is 16.4. The zero-order valence-corrected chi connectivity index (χ0v) is 8.51. The van der Waals surface area contributed by atoms with Gasteiger partial charge in [0.2, 0.25) is 5.28 Å². The van der Waals surface area contributed by atoms with E-state index in [1.165, 1.54) is 6.20 Å². The molecular weight excluding hydrogens is 204 g/mol. The second kappa shape index (κ2) is 3.59. The van der Waals surface area contributed by atoms with Crippen LogP contribution in [0, 0.1) is 0 Å². The average Bonchev–Trinajstić information content (AvgIpc) is 2.41. The smallest absolute Gasteiger partial charge is 0.269 e. The molecule has 5 nitrogen and oxygen atoms in total. The zero-order chi connectivity index (χ0) is 10.1. The molecule has 2 N–H and O–H groups in total. The minimum Gasteiger partial charge on any atom is -0.345 e. The number of aromatic nitrogens is 2. The minimum atomic E-state index is -0.126. The molecule has 1 aromatic heterocycles. The quantitative estimate of drug-likeness (QED) is 0.716. The Labute approximate surface area is 86.5 Å². The summed E-state index contributed by atoms with van der Waals surface area (Å²) in [5.41, 5.74) is 0.488. The number of imidazole rings is 1. The van der Waals surface area contributed by atoms with Crippen LogP contribution >= 0.6 is 11.6 Å². The van der Waals surface area contributed by atoms with Gasteiger partial charge in [0, 0.05) is 20.1 Å². The van der Waals surface area contributed by atoms with E-state index in [0.717, 1.165) is 13.1 Å². The van der Waals surface area contributed by atoms with Gasteiger partial charge in [0.25, 0.3) is 5.91 Å². The highest BCUT2D eigenvalue weighted by atomic mass is 35.5. The fourth-order valence-electron chi connectivity index (χ4n) is 1.25. The van der Waals surface area contributed by atoms with Crippen molar-refractivity contribution >= 4 is 17.5 Å². The first-order chi connectivity index (χ1) is 6.68. The van der Waals surface area contributed by atoms with Crippen molar-refractivity contribution in [2.24, 2.45) is 7.05 Å². The molecule has 0 radical (unpaired) electrons. The number of halogens is 1. The van der Waals surface area contributed by atoms with E-state index in [0.29, 0.717) is 11.0 Å².